The fourth-order valence-electron chi connectivity index (χ4n) is 1.71. The summed E-state index contributed by atoms with van der Waals surface area (Å²) in [5.74, 6) is 2.00. The van der Waals surface area contributed by atoms with E-state index in [1.165, 1.54) is 5.56 Å². The van der Waals surface area contributed by atoms with Gasteiger partial charge in [-0.25, -0.2) is 0 Å². The highest BCUT2D eigenvalue weighted by atomic mass is 32.2. The molecule has 3 rings (SSSR count). The van der Waals surface area contributed by atoms with Crippen LogP contribution in [-0.2, 0) is 0 Å². The molecule has 0 aliphatic carbocycles. The first-order chi connectivity index (χ1) is 8.24. The van der Waals surface area contributed by atoms with Crippen molar-refractivity contribution in [3.05, 3.63) is 29.8 Å². The highest BCUT2D eigenvalue weighted by Crippen LogP contribution is 2.26. The van der Waals surface area contributed by atoms with Crippen molar-refractivity contribution in [3.8, 4) is 11.4 Å². The van der Waals surface area contributed by atoms with Crippen molar-refractivity contribution in [1.82, 2.24) is 14.9 Å². The van der Waals surface area contributed by atoms with Gasteiger partial charge in [0, 0.05) is 5.56 Å². The van der Waals surface area contributed by atoms with Gasteiger partial charge in [0.25, 0.3) is 0 Å². The van der Waals surface area contributed by atoms with Crippen molar-refractivity contribution >= 4 is 17.6 Å². The molecule has 1 aromatic carbocycles. The number of benzene rings is 1. The fourth-order valence-corrected chi connectivity index (χ4v) is 2.39. The maximum atomic E-state index is 5.74. The third-order valence-corrected chi connectivity index (χ3v) is 3.42. The number of rotatable bonds is 1. The Balaban J connectivity index is 2.15. The molecule has 0 amide bonds. The smallest absolute Gasteiger partial charge is 0.212 e. The summed E-state index contributed by atoms with van der Waals surface area (Å²) >= 11 is 1.55. The average Bonchev–Trinajstić information content (AvgIpc) is 2.71. The zero-order valence-corrected chi connectivity index (χ0v) is 10.1. The summed E-state index contributed by atoms with van der Waals surface area (Å²) in [5, 5.41) is 13.3. The third-order valence-electron chi connectivity index (χ3n) is 2.47. The van der Waals surface area contributed by atoms with Crippen LogP contribution in [0.4, 0.5) is 0 Å². The second-order valence-corrected chi connectivity index (χ2v) is 4.81. The van der Waals surface area contributed by atoms with E-state index in [0.717, 1.165) is 16.5 Å². The first-order valence-corrected chi connectivity index (χ1v) is 6.21. The standard InChI is InChI=1S/C11H11N5S/c1-7-3-2-4-8(5-7)10-13-14-11-16(10)15-9(12)6-17-11/h2-5H,6H2,1H3,(H2,12,15). The topological polar surface area (TPSA) is 69.1 Å². The molecule has 0 unspecified atom stereocenters. The molecule has 86 valence electrons. The van der Waals surface area contributed by atoms with Crippen LogP contribution < -0.4 is 5.73 Å². The van der Waals surface area contributed by atoms with Gasteiger partial charge in [-0.3, -0.25) is 0 Å². The van der Waals surface area contributed by atoms with Gasteiger partial charge in [-0.15, -0.1) is 10.2 Å². The second kappa shape index (κ2) is 3.89. The van der Waals surface area contributed by atoms with E-state index < -0.39 is 0 Å². The van der Waals surface area contributed by atoms with Gasteiger partial charge in [0.15, 0.2) is 5.82 Å². The molecule has 0 spiro atoms. The number of thioether (sulfide) groups is 1. The lowest BCUT2D eigenvalue weighted by atomic mass is 10.1. The van der Waals surface area contributed by atoms with Gasteiger partial charge in [-0.05, 0) is 13.0 Å². The predicted octanol–water partition coefficient (Wildman–Crippen LogP) is 1.48. The van der Waals surface area contributed by atoms with E-state index in [-0.39, 0.29) is 0 Å². The Morgan fingerprint density at radius 3 is 3.06 bits per heavy atom. The lowest BCUT2D eigenvalue weighted by Gasteiger charge is -2.10. The van der Waals surface area contributed by atoms with Crippen LogP contribution in [0.3, 0.4) is 0 Å². The summed E-state index contributed by atoms with van der Waals surface area (Å²) in [4.78, 5) is 0. The number of nitrogens with two attached hydrogens (primary N) is 1. The van der Waals surface area contributed by atoms with E-state index in [4.69, 9.17) is 5.73 Å². The van der Waals surface area contributed by atoms with Crippen LogP contribution in [0.5, 0.6) is 0 Å². The number of amidine groups is 1. The Morgan fingerprint density at radius 1 is 1.35 bits per heavy atom. The molecule has 1 aliphatic heterocycles. The number of nitrogens with zero attached hydrogens (tertiary/aromatic N) is 4. The van der Waals surface area contributed by atoms with Crippen molar-refractivity contribution in [3.63, 3.8) is 0 Å². The summed E-state index contributed by atoms with van der Waals surface area (Å²) in [6.45, 7) is 2.05. The summed E-state index contributed by atoms with van der Waals surface area (Å²) in [6.07, 6.45) is 0. The molecule has 1 aromatic heterocycles. The monoisotopic (exact) mass is 245 g/mol. The van der Waals surface area contributed by atoms with E-state index >= 15 is 0 Å². The van der Waals surface area contributed by atoms with Crippen molar-refractivity contribution in [2.75, 3.05) is 5.75 Å². The maximum absolute atomic E-state index is 5.74. The Labute approximate surface area is 103 Å². The van der Waals surface area contributed by atoms with Gasteiger partial charge in [-0.2, -0.15) is 9.78 Å². The molecule has 5 nitrogen and oxygen atoms in total. The minimum Gasteiger partial charge on any atom is -0.385 e. The largest absolute Gasteiger partial charge is 0.385 e. The Hall–Kier alpha value is -1.82. The minimum absolute atomic E-state index is 0.594. The van der Waals surface area contributed by atoms with Crippen LogP contribution >= 0.6 is 11.8 Å². The normalized spacial score (nSPS) is 14.3. The second-order valence-electron chi connectivity index (χ2n) is 3.87. The molecule has 2 heterocycles. The third kappa shape index (κ3) is 1.80. The van der Waals surface area contributed by atoms with Crippen LogP contribution in [0, 0.1) is 6.92 Å². The van der Waals surface area contributed by atoms with E-state index in [1.807, 2.05) is 25.1 Å². The molecule has 6 heteroatoms. The number of hydrogen-bond donors (Lipinski definition) is 1. The number of hydrogen-bond acceptors (Lipinski definition) is 5. The molecule has 2 N–H and O–H groups in total. The van der Waals surface area contributed by atoms with Crippen LogP contribution in [-0.4, -0.2) is 26.5 Å². The molecule has 0 bridgehead atoms. The highest BCUT2D eigenvalue weighted by molar-refractivity contribution is 7.99. The predicted molar refractivity (Wildman–Crippen MR) is 67.9 cm³/mol. The van der Waals surface area contributed by atoms with Gasteiger partial charge in [0.2, 0.25) is 5.16 Å². The molecular weight excluding hydrogens is 234 g/mol. The lowest BCUT2D eigenvalue weighted by Crippen LogP contribution is -2.20. The fraction of sp³-hybridized carbons (Fsp3) is 0.182. The molecule has 17 heavy (non-hydrogen) atoms. The Bertz CT molecular complexity index is 602. The van der Waals surface area contributed by atoms with Crippen molar-refractivity contribution in [2.45, 2.75) is 12.1 Å². The van der Waals surface area contributed by atoms with Crippen LogP contribution in [0.25, 0.3) is 11.4 Å². The van der Waals surface area contributed by atoms with Gasteiger partial charge < -0.3 is 5.73 Å². The maximum Gasteiger partial charge on any atom is 0.212 e. The number of aromatic nitrogens is 3. The number of fused-ring (bicyclic) bond motifs is 1. The van der Waals surface area contributed by atoms with Crippen LogP contribution in [0.1, 0.15) is 5.56 Å². The molecule has 1 aliphatic rings. The van der Waals surface area contributed by atoms with Gasteiger partial charge in [0.05, 0.1) is 5.75 Å². The molecule has 0 atom stereocenters. The number of aryl methyl sites for hydroxylation is 1. The van der Waals surface area contributed by atoms with Gasteiger partial charge in [-0.1, -0.05) is 35.5 Å². The summed E-state index contributed by atoms with van der Waals surface area (Å²) < 4.78 is 1.71. The molecule has 0 saturated heterocycles. The molecule has 0 radical (unpaired) electrons. The van der Waals surface area contributed by atoms with Crippen molar-refractivity contribution in [2.24, 2.45) is 10.8 Å². The Morgan fingerprint density at radius 2 is 2.24 bits per heavy atom. The van der Waals surface area contributed by atoms with Crippen LogP contribution in [0.15, 0.2) is 34.5 Å². The highest BCUT2D eigenvalue weighted by Gasteiger charge is 2.18. The van der Waals surface area contributed by atoms with Crippen molar-refractivity contribution in [1.29, 1.82) is 0 Å². The first-order valence-electron chi connectivity index (χ1n) is 5.22. The minimum atomic E-state index is 0.594. The average molecular weight is 245 g/mol. The van der Waals surface area contributed by atoms with E-state index in [0.29, 0.717) is 11.6 Å². The summed E-state index contributed by atoms with van der Waals surface area (Å²) in [5.41, 5.74) is 7.92. The summed E-state index contributed by atoms with van der Waals surface area (Å²) in [7, 11) is 0. The van der Waals surface area contributed by atoms with Crippen molar-refractivity contribution < 1.29 is 0 Å². The Kier molecular flexibility index (Phi) is 2.36. The summed E-state index contributed by atoms with van der Waals surface area (Å²) in [6, 6.07) is 8.09. The molecule has 2 aromatic rings. The van der Waals surface area contributed by atoms with Crippen LogP contribution in [0.2, 0.25) is 0 Å². The zero-order chi connectivity index (χ0) is 11.8. The first kappa shape index (κ1) is 10.3. The van der Waals surface area contributed by atoms with E-state index in [9.17, 15) is 0 Å². The SMILES string of the molecule is Cc1cccc(-c2nnc3n2N=C(N)CS3)c1. The quantitative estimate of drug-likeness (QED) is 0.826. The molecule has 0 saturated carbocycles. The van der Waals surface area contributed by atoms with Gasteiger partial charge in [0.1, 0.15) is 5.84 Å². The van der Waals surface area contributed by atoms with E-state index in [1.54, 1.807) is 16.4 Å². The molecular formula is C11H11N5S. The zero-order valence-electron chi connectivity index (χ0n) is 9.29. The van der Waals surface area contributed by atoms with Gasteiger partial charge >= 0.3 is 0 Å². The lowest BCUT2D eigenvalue weighted by molar-refractivity contribution is 0.760. The van der Waals surface area contributed by atoms with E-state index in [2.05, 4.69) is 21.4 Å². The molecule has 0 fully saturated rings.